The van der Waals surface area contributed by atoms with Crippen LogP contribution in [0.4, 0.5) is 0 Å². The molecule has 5 rings (SSSR count). The zero-order chi connectivity index (χ0) is 34.3. The van der Waals surface area contributed by atoms with Crippen molar-refractivity contribution < 1.29 is 39.3 Å². The van der Waals surface area contributed by atoms with Gasteiger partial charge in [-0.1, -0.05) is 86.3 Å². The summed E-state index contributed by atoms with van der Waals surface area (Å²) in [5, 5.41) is 36.7. The molecule has 252 valence electrons. The van der Waals surface area contributed by atoms with E-state index in [0.29, 0.717) is 23.0 Å². The van der Waals surface area contributed by atoms with Crippen LogP contribution in [0.2, 0.25) is 0 Å². The number of carbonyl (C=O) groups is 5. The number of phenolic OH excluding ortho intramolecular Hbond substituents is 1. The molecule has 4 unspecified atom stereocenters. The molecule has 0 saturated heterocycles. The standard InChI is InChI=1S/C38H52O8/c1-9-10-11-24(22-14-12-19(4)13-15-22)25-17-16-23-20(5)36(7)29(32(42)27(23)30(25)40)34(44)38(46)33(43)26(21(6)39)31(41)28(18(2)3)37(38,8)35(36)45/h16-20,22,24,26,28-29,35,40,45-46H,9-15H2,1-8H3/t19?,20-,22?,24?,26?,28?,29?,35-,36+,37+,38+/m1/s1. The fourth-order valence-corrected chi connectivity index (χ4v) is 10.4. The summed E-state index contributed by atoms with van der Waals surface area (Å²) in [6.45, 7) is 13.6. The van der Waals surface area contributed by atoms with Crippen LogP contribution in [0.15, 0.2) is 12.1 Å². The summed E-state index contributed by atoms with van der Waals surface area (Å²) in [4.78, 5) is 69.8. The van der Waals surface area contributed by atoms with Gasteiger partial charge in [-0.15, -0.1) is 0 Å². The van der Waals surface area contributed by atoms with E-state index in [1.807, 2.05) is 12.1 Å². The van der Waals surface area contributed by atoms with E-state index < -0.39 is 81.0 Å². The molecule has 0 aromatic heterocycles. The van der Waals surface area contributed by atoms with E-state index in [0.717, 1.165) is 51.9 Å². The van der Waals surface area contributed by atoms with Crippen LogP contribution in [0, 0.1) is 46.3 Å². The second-order valence-corrected chi connectivity index (χ2v) is 15.9. The normalized spacial score (nSPS) is 39.9. The fraction of sp³-hybridized carbons (Fsp3) is 0.711. The Morgan fingerprint density at radius 1 is 1.00 bits per heavy atom. The molecule has 8 nitrogen and oxygen atoms in total. The van der Waals surface area contributed by atoms with Gasteiger partial charge < -0.3 is 15.3 Å². The Morgan fingerprint density at radius 3 is 2.15 bits per heavy atom. The van der Waals surface area contributed by atoms with Crippen molar-refractivity contribution >= 4 is 28.9 Å². The van der Waals surface area contributed by atoms with Crippen molar-refractivity contribution in [1.29, 1.82) is 0 Å². The van der Waals surface area contributed by atoms with Crippen molar-refractivity contribution in [1.82, 2.24) is 0 Å². The van der Waals surface area contributed by atoms with Crippen molar-refractivity contribution in [3.8, 4) is 5.75 Å². The number of aliphatic hydroxyl groups excluding tert-OH is 1. The smallest absolute Gasteiger partial charge is 0.191 e. The van der Waals surface area contributed by atoms with Crippen LogP contribution >= 0.6 is 0 Å². The molecule has 4 aliphatic rings. The van der Waals surface area contributed by atoms with E-state index in [2.05, 4.69) is 13.8 Å². The summed E-state index contributed by atoms with van der Waals surface area (Å²) in [6, 6.07) is 3.74. The van der Waals surface area contributed by atoms with Gasteiger partial charge in [-0.05, 0) is 66.9 Å². The molecular weight excluding hydrogens is 584 g/mol. The number of Topliss-reactive ketones (excluding diaryl/α,β-unsaturated/α-hetero) is 5. The van der Waals surface area contributed by atoms with E-state index in [1.54, 1.807) is 27.7 Å². The Balaban J connectivity index is 1.70. The van der Waals surface area contributed by atoms with Gasteiger partial charge in [0.2, 0.25) is 0 Å². The average Bonchev–Trinajstić information content (AvgIpc) is 2.98. The van der Waals surface area contributed by atoms with Crippen molar-refractivity contribution in [2.45, 2.75) is 124 Å². The fourth-order valence-electron chi connectivity index (χ4n) is 10.4. The van der Waals surface area contributed by atoms with Crippen LogP contribution in [0.25, 0.3) is 0 Å². The van der Waals surface area contributed by atoms with E-state index in [-0.39, 0.29) is 17.2 Å². The topological polar surface area (TPSA) is 146 Å². The first-order valence-corrected chi connectivity index (χ1v) is 17.4. The molecule has 1 aromatic carbocycles. The molecular formula is C38H52O8. The lowest BCUT2D eigenvalue weighted by Crippen LogP contribution is -2.81. The SMILES string of the molecule is CCCCC(c1ccc2c(c1O)C(=O)C1C(=O)[C@@]3(O)C(=O)C(C(C)=O)C(=O)C(C(C)C)[C@@]3(C)[C@H](O)[C@@]1(C)[C@@H]2C)C1CCC(C)CC1. The lowest BCUT2D eigenvalue weighted by Gasteiger charge is -2.65. The van der Waals surface area contributed by atoms with Gasteiger partial charge in [-0.3, -0.25) is 24.0 Å². The van der Waals surface area contributed by atoms with Gasteiger partial charge in [0.25, 0.3) is 0 Å². The molecule has 0 aliphatic heterocycles. The number of ketones is 5. The summed E-state index contributed by atoms with van der Waals surface area (Å²) < 4.78 is 0. The number of aromatic hydroxyl groups is 1. The number of hydrogen-bond acceptors (Lipinski definition) is 8. The molecule has 3 saturated carbocycles. The highest BCUT2D eigenvalue weighted by atomic mass is 16.3. The number of aliphatic hydroxyl groups is 2. The maximum Gasteiger partial charge on any atom is 0.191 e. The third kappa shape index (κ3) is 4.41. The van der Waals surface area contributed by atoms with Gasteiger partial charge in [-0.25, -0.2) is 0 Å². The summed E-state index contributed by atoms with van der Waals surface area (Å²) in [5.41, 5.74) is -5.30. The third-order valence-electron chi connectivity index (χ3n) is 13.2. The van der Waals surface area contributed by atoms with Crippen LogP contribution in [0.5, 0.6) is 5.75 Å². The monoisotopic (exact) mass is 636 g/mol. The van der Waals surface area contributed by atoms with Crippen molar-refractivity contribution in [3.05, 3.63) is 28.8 Å². The van der Waals surface area contributed by atoms with Gasteiger partial charge in [-0.2, -0.15) is 0 Å². The van der Waals surface area contributed by atoms with Crippen LogP contribution in [-0.2, 0) is 19.2 Å². The molecule has 1 aromatic rings. The van der Waals surface area contributed by atoms with Crippen LogP contribution in [0.3, 0.4) is 0 Å². The lowest BCUT2D eigenvalue weighted by molar-refractivity contribution is -0.240. The third-order valence-corrected chi connectivity index (χ3v) is 13.2. The Bertz CT molecular complexity index is 1470. The zero-order valence-electron chi connectivity index (χ0n) is 28.7. The van der Waals surface area contributed by atoms with Crippen molar-refractivity contribution in [2.75, 3.05) is 0 Å². The minimum atomic E-state index is -2.96. The minimum absolute atomic E-state index is 0.00812. The number of unbranched alkanes of at least 4 members (excludes halogenated alkanes) is 1. The number of fused-ring (bicyclic) bond motifs is 3. The number of rotatable bonds is 7. The predicted molar refractivity (Wildman–Crippen MR) is 172 cm³/mol. The second kappa shape index (κ2) is 11.8. The molecule has 3 N–H and O–H groups in total. The number of phenols is 1. The van der Waals surface area contributed by atoms with E-state index in [4.69, 9.17) is 0 Å². The first kappa shape index (κ1) is 34.6. The van der Waals surface area contributed by atoms with E-state index in [9.17, 15) is 39.3 Å². The molecule has 4 aliphatic carbocycles. The Labute approximate surface area is 272 Å². The molecule has 0 radical (unpaired) electrons. The van der Waals surface area contributed by atoms with Gasteiger partial charge >= 0.3 is 0 Å². The maximum absolute atomic E-state index is 14.7. The highest BCUT2D eigenvalue weighted by molar-refractivity contribution is 6.33. The number of carbonyl (C=O) groups excluding carboxylic acids is 5. The van der Waals surface area contributed by atoms with Crippen molar-refractivity contribution in [2.24, 2.45) is 46.3 Å². The Hall–Kier alpha value is -2.71. The van der Waals surface area contributed by atoms with Crippen LogP contribution in [-0.4, -0.2) is 55.9 Å². The molecule has 9 atom stereocenters. The maximum atomic E-state index is 14.7. The summed E-state index contributed by atoms with van der Waals surface area (Å²) >= 11 is 0. The highest BCUT2D eigenvalue weighted by Gasteiger charge is 2.80. The van der Waals surface area contributed by atoms with Gasteiger partial charge in [0.05, 0.1) is 17.6 Å². The highest BCUT2D eigenvalue weighted by Crippen LogP contribution is 2.66. The average molecular weight is 637 g/mol. The zero-order valence-corrected chi connectivity index (χ0v) is 28.7. The van der Waals surface area contributed by atoms with E-state index in [1.165, 1.54) is 6.92 Å². The molecule has 0 amide bonds. The molecule has 3 fully saturated rings. The predicted octanol–water partition coefficient (Wildman–Crippen LogP) is 5.72. The first-order chi connectivity index (χ1) is 21.4. The molecule has 46 heavy (non-hydrogen) atoms. The van der Waals surface area contributed by atoms with Crippen LogP contribution in [0.1, 0.15) is 134 Å². The lowest BCUT2D eigenvalue weighted by atomic mass is 9.37. The van der Waals surface area contributed by atoms with Crippen molar-refractivity contribution in [3.63, 3.8) is 0 Å². The van der Waals surface area contributed by atoms with E-state index >= 15 is 0 Å². The number of hydrogen-bond donors (Lipinski definition) is 3. The molecule has 0 spiro atoms. The minimum Gasteiger partial charge on any atom is -0.507 e. The molecule has 0 bridgehead atoms. The van der Waals surface area contributed by atoms with Gasteiger partial charge in [0.15, 0.2) is 28.7 Å². The summed E-state index contributed by atoms with van der Waals surface area (Å²) in [7, 11) is 0. The Kier molecular flexibility index (Phi) is 8.85. The second-order valence-electron chi connectivity index (χ2n) is 15.9. The van der Waals surface area contributed by atoms with Crippen LogP contribution < -0.4 is 0 Å². The largest absolute Gasteiger partial charge is 0.507 e. The first-order valence-electron chi connectivity index (χ1n) is 17.4. The quantitative estimate of drug-likeness (QED) is 0.322. The molecule has 0 heterocycles. The molecule has 8 heteroatoms. The van der Waals surface area contributed by atoms with Gasteiger partial charge in [0.1, 0.15) is 17.5 Å². The number of benzene rings is 1. The Morgan fingerprint density at radius 2 is 1.61 bits per heavy atom. The summed E-state index contributed by atoms with van der Waals surface area (Å²) in [5.74, 6) is -9.73. The van der Waals surface area contributed by atoms with Gasteiger partial charge in [0, 0.05) is 16.7 Å². The summed E-state index contributed by atoms with van der Waals surface area (Å²) in [6.07, 6.45) is 5.42.